The molecule has 8 nitrogen and oxygen atoms in total. The number of rotatable bonds is 4. The normalized spacial score (nSPS) is 14.6. The third-order valence-electron chi connectivity index (χ3n) is 6.74. The summed E-state index contributed by atoms with van der Waals surface area (Å²) in [6, 6.07) is 13.9. The SMILES string of the molecule is CC#Cc1ccc2c(=O)[nH]nc(Cc3ccc(F)c(C(=O)N4CCN(c5ccc(C#N)cn5)CC(F)(F)C4)c3)c2c1. The quantitative estimate of drug-likeness (QED) is 0.383. The summed E-state index contributed by atoms with van der Waals surface area (Å²) in [4.78, 5) is 32.0. The molecule has 206 valence electrons. The Hall–Kier alpha value is -5.16. The summed E-state index contributed by atoms with van der Waals surface area (Å²) in [5.74, 6) is 0.995. The van der Waals surface area contributed by atoms with Crippen LogP contribution in [0.4, 0.5) is 19.0 Å². The van der Waals surface area contributed by atoms with Gasteiger partial charge in [0.05, 0.1) is 35.3 Å². The van der Waals surface area contributed by atoms with Gasteiger partial charge in [-0.1, -0.05) is 12.0 Å². The maximum Gasteiger partial charge on any atom is 0.282 e. The van der Waals surface area contributed by atoms with Crippen LogP contribution in [0, 0.1) is 29.0 Å². The second-order valence-corrected chi connectivity index (χ2v) is 9.65. The molecule has 1 aliphatic rings. The van der Waals surface area contributed by atoms with Gasteiger partial charge in [-0.2, -0.15) is 10.4 Å². The number of nitriles is 1. The third kappa shape index (κ3) is 5.89. The molecule has 2 aromatic carbocycles. The average Bonchev–Trinajstić information content (AvgIpc) is 3.13. The molecule has 0 atom stereocenters. The van der Waals surface area contributed by atoms with Crippen molar-refractivity contribution in [2.45, 2.75) is 19.3 Å². The number of alkyl halides is 2. The highest BCUT2D eigenvalue weighted by Crippen LogP contribution is 2.26. The van der Waals surface area contributed by atoms with Crippen LogP contribution < -0.4 is 10.5 Å². The van der Waals surface area contributed by atoms with Crippen LogP contribution in [0.5, 0.6) is 0 Å². The minimum atomic E-state index is -3.30. The topological polar surface area (TPSA) is 106 Å². The van der Waals surface area contributed by atoms with Crippen molar-refractivity contribution in [3.8, 4) is 17.9 Å². The molecular weight excluding hydrogens is 533 g/mol. The molecule has 1 N–H and O–H groups in total. The zero-order valence-corrected chi connectivity index (χ0v) is 21.9. The first-order valence-electron chi connectivity index (χ1n) is 12.7. The van der Waals surface area contributed by atoms with Gasteiger partial charge in [-0.05, 0) is 55.0 Å². The number of nitrogens with zero attached hydrogens (tertiary/aromatic N) is 5. The predicted molar refractivity (Wildman–Crippen MR) is 146 cm³/mol. The van der Waals surface area contributed by atoms with Gasteiger partial charge in [0.15, 0.2) is 0 Å². The van der Waals surface area contributed by atoms with Crippen molar-refractivity contribution in [3.63, 3.8) is 0 Å². The van der Waals surface area contributed by atoms with Crippen molar-refractivity contribution in [3.05, 3.63) is 98.8 Å². The van der Waals surface area contributed by atoms with Crippen LogP contribution in [-0.4, -0.2) is 58.1 Å². The smallest absolute Gasteiger partial charge is 0.282 e. The van der Waals surface area contributed by atoms with Gasteiger partial charge in [-0.3, -0.25) is 9.59 Å². The molecule has 0 saturated carbocycles. The Labute approximate surface area is 233 Å². The number of carbonyl (C=O) groups excluding carboxylic acids is 1. The fourth-order valence-electron chi connectivity index (χ4n) is 4.80. The average molecular weight is 557 g/mol. The molecule has 1 amide bonds. The van der Waals surface area contributed by atoms with Gasteiger partial charge < -0.3 is 9.80 Å². The Morgan fingerprint density at radius 3 is 2.61 bits per heavy atom. The molecule has 41 heavy (non-hydrogen) atoms. The number of anilines is 1. The van der Waals surface area contributed by atoms with Crippen molar-refractivity contribution in [2.24, 2.45) is 0 Å². The zero-order valence-electron chi connectivity index (χ0n) is 21.9. The van der Waals surface area contributed by atoms with Crippen LogP contribution in [0.1, 0.15) is 39.7 Å². The van der Waals surface area contributed by atoms with E-state index in [2.05, 4.69) is 27.0 Å². The first kappa shape index (κ1) is 27.4. The van der Waals surface area contributed by atoms with Crippen LogP contribution in [0.25, 0.3) is 10.8 Å². The summed E-state index contributed by atoms with van der Waals surface area (Å²) in [7, 11) is 0. The van der Waals surface area contributed by atoms with E-state index >= 15 is 0 Å². The molecule has 1 fully saturated rings. The third-order valence-corrected chi connectivity index (χ3v) is 6.74. The first-order chi connectivity index (χ1) is 19.7. The van der Waals surface area contributed by atoms with Gasteiger partial charge in [0, 0.05) is 36.7 Å². The first-order valence-corrected chi connectivity index (χ1v) is 12.7. The second-order valence-electron chi connectivity index (χ2n) is 9.65. The van der Waals surface area contributed by atoms with Crippen molar-refractivity contribution in [1.29, 1.82) is 5.26 Å². The molecule has 1 saturated heterocycles. The highest BCUT2D eigenvalue weighted by molar-refractivity contribution is 5.95. The molecule has 0 aliphatic carbocycles. The number of halogens is 3. The zero-order chi connectivity index (χ0) is 29.1. The van der Waals surface area contributed by atoms with Gasteiger partial charge in [0.1, 0.15) is 17.7 Å². The summed E-state index contributed by atoms with van der Waals surface area (Å²) >= 11 is 0. The number of H-pyrrole nitrogens is 1. The number of aromatic nitrogens is 3. The number of nitrogens with one attached hydrogen (secondary N) is 1. The monoisotopic (exact) mass is 556 g/mol. The summed E-state index contributed by atoms with van der Waals surface area (Å²) in [5, 5.41) is 16.6. The Morgan fingerprint density at radius 1 is 1.07 bits per heavy atom. The largest absolute Gasteiger partial charge is 0.349 e. The van der Waals surface area contributed by atoms with Gasteiger partial charge in [-0.15, -0.1) is 5.92 Å². The minimum absolute atomic E-state index is 0.0395. The second kappa shape index (κ2) is 11.1. The van der Waals surface area contributed by atoms with E-state index in [1.807, 2.05) is 6.07 Å². The molecule has 4 aromatic rings. The van der Waals surface area contributed by atoms with Crippen LogP contribution in [-0.2, 0) is 6.42 Å². The number of hydrogen-bond donors (Lipinski definition) is 1. The summed E-state index contributed by atoms with van der Waals surface area (Å²) in [5.41, 5.74) is 1.26. The predicted octanol–water partition coefficient (Wildman–Crippen LogP) is 3.89. The van der Waals surface area contributed by atoms with Crippen LogP contribution >= 0.6 is 0 Å². The van der Waals surface area contributed by atoms with Crippen molar-refractivity contribution < 1.29 is 18.0 Å². The number of aromatic amines is 1. The lowest BCUT2D eigenvalue weighted by molar-refractivity contribution is -0.0121. The Kier molecular flexibility index (Phi) is 7.45. The van der Waals surface area contributed by atoms with E-state index in [0.717, 1.165) is 11.0 Å². The summed E-state index contributed by atoms with van der Waals surface area (Å²) in [6.07, 6.45) is 1.44. The fraction of sp³-hybridized carbons (Fsp3) is 0.233. The lowest BCUT2D eigenvalue weighted by Crippen LogP contribution is -2.42. The van der Waals surface area contributed by atoms with E-state index < -0.39 is 30.7 Å². The van der Waals surface area contributed by atoms with Crippen molar-refractivity contribution in [1.82, 2.24) is 20.1 Å². The molecular formula is C30H23F3N6O2. The van der Waals surface area contributed by atoms with E-state index in [0.29, 0.717) is 33.2 Å². The molecule has 0 unspecified atom stereocenters. The van der Waals surface area contributed by atoms with E-state index in [1.165, 1.54) is 35.4 Å². The molecule has 3 heterocycles. The van der Waals surface area contributed by atoms with Crippen LogP contribution in [0.2, 0.25) is 0 Å². The Bertz CT molecular complexity index is 1800. The summed E-state index contributed by atoms with van der Waals surface area (Å²) in [6.45, 7) is 0.0635. The number of pyridine rings is 1. The molecule has 2 aromatic heterocycles. The highest BCUT2D eigenvalue weighted by Gasteiger charge is 2.39. The van der Waals surface area contributed by atoms with Gasteiger partial charge in [0.25, 0.3) is 17.4 Å². The minimum Gasteiger partial charge on any atom is -0.349 e. The van der Waals surface area contributed by atoms with Crippen LogP contribution in [0.15, 0.2) is 59.5 Å². The number of fused-ring (bicyclic) bond motifs is 1. The van der Waals surface area contributed by atoms with Gasteiger partial charge in [-0.25, -0.2) is 23.3 Å². The molecule has 5 rings (SSSR count). The number of carbonyl (C=O) groups is 1. The van der Waals surface area contributed by atoms with Gasteiger partial charge >= 0.3 is 0 Å². The lowest BCUT2D eigenvalue weighted by atomic mass is 10.0. The Balaban J connectivity index is 1.41. The lowest BCUT2D eigenvalue weighted by Gasteiger charge is -2.24. The van der Waals surface area contributed by atoms with E-state index in [9.17, 15) is 22.8 Å². The number of amides is 1. The highest BCUT2D eigenvalue weighted by atomic mass is 19.3. The number of hydrogen-bond acceptors (Lipinski definition) is 6. The van der Waals surface area contributed by atoms with E-state index in [1.54, 1.807) is 25.1 Å². The van der Waals surface area contributed by atoms with Crippen molar-refractivity contribution in [2.75, 3.05) is 31.1 Å². The van der Waals surface area contributed by atoms with Gasteiger partial charge in [0.2, 0.25) is 0 Å². The maximum absolute atomic E-state index is 15.0. The van der Waals surface area contributed by atoms with Crippen LogP contribution in [0.3, 0.4) is 0 Å². The van der Waals surface area contributed by atoms with E-state index in [-0.39, 0.29) is 36.5 Å². The molecule has 0 radical (unpaired) electrons. The molecule has 1 aliphatic heterocycles. The Morgan fingerprint density at radius 2 is 1.88 bits per heavy atom. The molecule has 0 spiro atoms. The maximum atomic E-state index is 15.0. The van der Waals surface area contributed by atoms with Crippen molar-refractivity contribution >= 4 is 22.5 Å². The van der Waals surface area contributed by atoms with E-state index in [4.69, 9.17) is 5.26 Å². The molecule has 0 bridgehead atoms. The fourth-order valence-corrected chi connectivity index (χ4v) is 4.80. The summed E-state index contributed by atoms with van der Waals surface area (Å²) < 4.78 is 44.8. The molecule has 11 heteroatoms. The number of benzene rings is 2. The standard InChI is InChI=1S/C30H23F3N6O2/c1-2-3-19-4-7-22-23(12-19)26(36-37-28(22)40)14-20-5-8-25(31)24(13-20)29(41)39-11-10-38(17-30(32,33)18-39)27-9-6-21(15-34)16-35-27/h4-9,12-13,16H,10-11,14,17-18H2,1H3,(H,37,40).